The monoisotopic (exact) mass is 175 g/mol. The summed E-state index contributed by atoms with van der Waals surface area (Å²) < 4.78 is 0. The fourth-order valence-electron chi connectivity index (χ4n) is 0.787. The molecule has 0 N–H and O–H groups in total. The molecule has 0 bridgehead atoms. The van der Waals surface area contributed by atoms with Gasteiger partial charge >= 0.3 is 0 Å². The first-order chi connectivity index (χ1) is 6.36. The Hall–Kier alpha value is -1.62. The highest BCUT2D eigenvalue weighted by Crippen LogP contribution is 2.06. The van der Waals surface area contributed by atoms with E-state index in [4.69, 9.17) is 5.26 Å². The number of carbonyl (C=O) groups excluding carboxylic acids is 1. The molecule has 0 saturated heterocycles. The van der Waals surface area contributed by atoms with Crippen LogP contribution in [-0.4, -0.2) is 6.29 Å². The Morgan fingerprint density at radius 3 is 2.69 bits per heavy atom. The molecular formula is C11H13NO. The zero-order chi connectivity index (χ0) is 10.1. The molecule has 0 aliphatic heterocycles. The summed E-state index contributed by atoms with van der Waals surface area (Å²) in [5.74, 6) is -0.183. The highest BCUT2D eigenvalue weighted by atomic mass is 16.1. The summed E-state index contributed by atoms with van der Waals surface area (Å²) in [7, 11) is 0. The van der Waals surface area contributed by atoms with Gasteiger partial charge in [-0.3, -0.25) is 0 Å². The molecule has 0 amide bonds. The quantitative estimate of drug-likeness (QED) is 0.574. The molecule has 13 heavy (non-hydrogen) atoms. The van der Waals surface area contributed by atoms with E-state index in [1.807, 2.05) is 19.9 Å². The predicted octanol–water partition coefficient (Wildman–Crippen LogP) is 2.40. The normalized spacial score (nSPS) is 18.8. The highest BCUT2D eigenvalue weighted by molar-refractivity contribution is 5.61. The predicted molar refractivity (Wildman–Crippen MR) is 52.9 cm³/mol. The third-order valence-corrected chi connectivity index (χ3v) is 1.39. The van der Waals surface area contributed by atoms with Gasteiger partial charge in [-0.2, -0.15) is 5.26 Å². The van der Waals surface area contributed by atoms with Crippen molar-refractivity contribution in [3.8, 4) is 6.07 Å². The molecule has 0 heterocycles. The number of hydrogen-bond acceptors (Lipinski definition) is 2. The van der Waals surface area contributed by atoms with Gasteiger partial charge in [0.15, 0.2) is 0 Å². The molecule has 0 saturated carbocycles. The lowest BCUT2D eigenvalue weighted by atomic mass is 10.1. The molecule has 1 atom stereocenters. The third kappa shape index (κ3) is 4.07. The maximum absolute atomic E-state index is 10.3. The van der Waals surface area contributed by atoms with Gasteiger partial charge in [-0.15, -0.1) is 0 Å². The van der Waals surface area contributed by atoms with Crippen molar-refractivity contribution in [2.24, 2.45) is 5.92 Å². The molecule has 1 rings (SSSR count). The summed E-state index contributed by atoms with van der Waals surface area (Å²) in [5.41, 5.74) is 0.575. The first kappa shape index (κ1) is 11.4. The van der Waals surface area contributed by atoms with Gasteiger partial charge in [-0.05, 0) is 12.2 Å². The molecular weight excluding hydrogens is 162 g/mol. The fraction of sp³-hybridized carbons (Fsp3) is 0.273. The summed E-state index contributed by atoms with van der Waals surface area (Å²) >= 11 is 0. The van der Waals surface area contributed by atoms with Crippen LogP contribution in [0.4, 0.5) is 0 Å². The molecule has 1 aliphatic rings. The van der Waals surface area contributed by atoms with Crippen LogP contribution >= 0.6 is 0 Å². The van der Waals surface area contributed by atoms with Crippen molar-refractivity contribution in [3.05, 3.63) is 36.0 Å². The zero-order valence-corrected chi connectivity index (χ0v) is 7.90. The summed E-state index contributed by atoms with van der Waals surface area (Å²) in [6.45, 7) is 4.00. The second-order valence-electron chi connectivity index (χ2n) is 2.19. The molecule has 1 unspecified atom stereocenters. The largest absolute Gasteiger partial charge is 0.302 e. The average molecular weight is 175 g/mol. The maximum Gasteiger partial charge on any atom is 0.130 e. The van der Waals surface area contributed by atoms with Crippen LogP contribution in [-0.2, 0) is 4.79 Å². The molecule has 0 radical (unpaired) electrons. The number of nitriles is 1. The maximum atomic E-state index is 10.3. The van der Waals surface area contributed by atoms with Crippen molar-refractivity contribution in [1.82, 2.24) is 0 Å². The van der Waals surface area contributed by atoms with Crippen LogP contribution < -0.4 is 0 Å². The lowest BCUT2D eigenvalue weighted by molar-refractivity contribution is -0.108. The van der Waals surface area contributed by atoms with Crippen molar-refractivity contribution in [3.63, 3.8) is 0 Å². The van der Waals surface area contributed by atoms with Gasteiger partial charge in [0.1, 0.15) is 6.29 Å². The van der Waals surface area contributed by atoms with Gasteiger partial charge in [0.2, 0.25) is 0 Å². The van der Waals surface area contributed by atoms with Crippen LogP contribution in [0.3, 0.4) is 0 Å². The van der Waals surface area contributed by atoms with E-state index in [1.165, 1.54) is 0 Å². The van der Waals surface area contributed by atoms with Crippen molar-refractivity contribution >= 4 is 6.29 Å². The highest BCUT2D eigenvalue weighted by Gasteiger charge is 1.99. The van der Waals surface area contributed by atoms with Crippen LogP contribution in [0.1, 0.15) is 13.8 Å². The average Bonchev–Trinajstić information content (AvgIpc) is 2.45. The number of hydrogen-bond donors (Lipinski definition) is 0. The van der Waals surface area contributed by atoms with E-state index < -0.39 is 0 Å². The van der Waals surface area contributed by atoms with Crippen LogP contribution in [0.2, 0.25) is 0 Å². The molecule has 0 spiro atoms. The summed E-state index contributed by atoms with van der Waals surface area (Å²) in [6, 6.07) is 2.00. The van der Waals surface area contributed by atoms with E-state index in [-0.39, 0.29) is 5.92 Å². The lowest BCUT2D eigenvalue weighted by Gasteiger charge is -1.90. The van der Waals surface area contributed by atoms with Crippen molar-refractivity contribution < 1.29 is 4.79 Å². The number of carbonyl (C=O) groups is 1. The number of rotatable bonds is 1. The minimum atomic E-state index is -0.183. The third-order valence-electron chi connectivity index (χ3n) is 1.39. The second kappa shape index (κ2) is 7.05. The van der Waals surface area contributed by atoms with Gasteiger partial charge in [-0.25, -0.2) is 0 Å². The first-order valence-corrected chi connectivity index (χ1v) is 4.29. The van der Waals surface area contributed by atoms with Crippen molar-refractivity contribution in [1.29, 1.82) is 5.26 Å². The van der Waals surface area contributed by atoms with E-state index >= 15 is 0 Å². The Balaban J connectivity index is 0.000000671. The van der Waals surface area contributed by atoms with Crippen molar-refractivity contribution in [2.45, 2.75) is 13.8 Å². The summed E-state index contributed by atoms with van der Waals surface area (Å²) in [6.07, 6.45) is 9.33. The van der Waals surface area contributed by atoms with Gasteiger partial charge in [0, 0.05) is 0 Å². The minimum Gasteiger partial charge on any atom is -0.302 e. The standard InChI is InChI=1S/C9H7NO.C2H6/c10-6-8-2-1-3-9(7-11)5-4-8;1-2/h1-5,7,9H;1-2H3. The molecule has 0 aromatic rings. The molecule has 68 valence electrons. The number of aldehydes is 1. The Morgan fingerprint density at radius 2 is 2.15 bits per heavy atom. The Labute approximate surface area is 78.9 Å². The molecule has 0 aromatic heterocycles. The minimum absolute atomic E-state index is 0.183. The summed E-state index contributed by atoms with van der Waals surface area (Å²) in [5, 5.41) is 8.48. The van der Waals surface area contributed by atoms with Crippen molar-refractivity contribution in [2.75, 3.05) is 0 Å². The Morgan fingerprint density at radius 1 is 1.46 bits per heavy atom. The van der Waals surface area contributed by atoms with E-state index in [9.17, 15) is 4.79 Å². The fourth-order valence-corrected chi connectivity index (χ4v) is 0.787. The van der Waals surface area contributed by atoms with E-state index in [0.717, 1.165) is 6.29 Å². The molecule has 0 aromatic carbocycles. The van der Waals surface area contributed by atoms with Crippen LogP contribution in [0.5, 0.6) is 0 Å². The van der Waals surface area contributed by atoms with Gasteiger partial charge in [0.05, 0.1) is 17.6 Å². The Kier molecular flexibility index (Phi) is 6.17. The van der Waals surface area contributed by atoms with Crippen LogP contribution in [0.15, 0.2) is 36.0 Å². The van der Waals surface area contributed by atoms with Crippen LogP contribution in [0.25, 0.3) is 0 Å². The SMILES string of the molecule is CC.N#CC1=CC=CC(C=O)C=C1. The topological polar surface area (TPSA) is 40.9 Å². The Bertz CT molecular complexity index is 279. The summed E-state index contributed by atoms with van der Waals surface area (Å²) in [4.78, 5) is 10.3. The molecule has 1 aliphatic carbocycles. The number of allylic oxidation sites excluding steroid dienone is 6. The zero-order valence-electron chi connectivity index (χ0n) is 7.90. The van der Waals surface area contributed by atoms with Crippen LogP contribution in [0, 0.1) is 17.2 Å². The molecule has 0 fully saturated rings. The molecule has 2 nitrogen and oxygen atoms in total. The van der Waals surface area contributed by atoms with Gasteiger partial charge < -0.3 is 4.79 Å². The number of nitrogens with zero attached hydrogens (tertiary/aromatic N) is 1. The lowest BCUT2D eigenvalue weighted by Crippen LogP contribution is -1.90. The first-order valence-electron chi connectivity index (χ1n) is 4.29. The van der Waals surface area contributed by atoms with E-state index in [1.54, 1.807) is 30.4 Å². The molecule has 2 heteroatoms. The van der Waals surface area contributed by atoms with Gasteiger partial charge in [-0.1, -0.05) is 32.1 Å². The second-order valence-corrected chi connectivity index (χ2v) is 2.19. The van der Waals surface area contributed by atoms with Gasteiger partial charge in [0.25, 0.3) is 0 Å². The van der Waals surface area contributed by atoms with E-state index in [0.29, 0.717) is 5.57 Å². The smallest absolute Gasteiger partial charge is 0.130 e. The van der Waals surface area contributed by atoms with E-state index in [2.05, 4.69) is 0 Å².